The van der Waals surface area contributed by atoms with Crippen molar-refractivity contribution in [2.45, 2.75) is 25.3 Å². The van der Waals surface area contributed by atoms with Gasteiger partial charge in [-0.3, -0.25) is 0 Å². The normalized spacial score (nSPS) is 25.2. The first-order valence-electron chi connectivity index (χ1n) is 6.29. The first kappa shape index (κ1) is 11.6. The highest BCUT2D eigenvalue weighted by molar-refractivity contribution is 5.23. The zero-order valence-electron chi connectivity index (χ0n) is 10.3. The number of hydrogen-bond donors (Lipinski definition) is 1. The summed E-state index contributed by atoms with van der Waals surface area (Å²) in [4.78, 5) is 2.50. The van der Waals surface area contributed by atoms with E-state index in [9.17, 15) is 0 Å². The lowest BCUT2D eigenvalue weighted by molar-refractivity contribution is 0.240. The molecule has 2 rings (SSSR count). The molecule has 0 bridgehead atoms. The fourth-order valence-corrected chi connectivity index (χ4v) is 2.69. The van der Waals surface area contributed by atoms with Gasteiger partial charge in [0.05, 0.1) is 0 Å². The Morgan fingerprint density at radius 1 is 1.25 bits per heavy atom. The Morgan fingerprint density at radius 3 is 2.69 bits per heavy atom. The molecule has 1 fully saturated rings. The minimum atomic E-state index is 0.651. The van der Waals surface area contributed by atoms with E-state index in [0.29, 0.717) is 12.0 Å². The Labute approximate surface area is 98.7 Å². The summed E-state index contributed by atoms with van der Waals surface area (Å²) in [7, 11) is 2.25. The molecule has 2 heteroatoms. The molecule has 1 saturated heterocycles. The van der Waals surface area contributed by atoms with Gasteiger partial charge in [0.2, 0.25) is 0 Å². The zero-order chi connectivity index (χ0) is 11.4. The van der Waals surface area contributed by atoms with E-state index in [4.69, 9.17) is 0 Å². The maximum atomic E-state index is 3.52. The van der Waals surface area contributed by atoms with Crippen LogP contribution in [0.5, 0.6) is 0 Å². The van der Waals surface area contributed by atoms with Gasteiger partial charge in [0.25, 0.3) is 0 Å². The topological polar surface area (TPSA) is 15.3 Å². The highest BCUT2D eigenvalue weighted by Crippen LogP contribution is 2.25. The SMILES string of the molecule is CCCN(C)[C@H]1CNC[C@@H]1c1ccccc1. The third kappa shape index (κ3) is 2.45. The fraction of sp³-hybridized carbons (Fsp3) is 0.571. The maximum absolute atomic E-state index is 3.52. The second-order valence-electron chi connectivity index (χ2n) is 4.72. The van der Waals surface area contributed by atoms with Gasteiger partial charge in [-0.15, -0.1) is 0 Å². The van der Waals surface area contributed by atoms with Gasteiger partial charge < -0.3 is 10.2 Å². The number of nitrogens with zero attached hydrogens (tertiary/aromatic N) is 1. The van der Waals surface area contributed by atoms with E-state index >= 15 is 0 Å². The molecule has 0 aliphatic carbocycles. The third-order valence-electron chi connectivity index (χ3n) is 3.55. The van der Waals surface area contributed by atoms with E-state index in [2.05, 4.69) is 54.5 Å². The fourth-order valence-electron chi connectivity index (χ4n) is 2.69. The minimum absolute atomic E-state index is 0.651. The molecule has 1 aliphatic rings. The van der Waals surface area contributed by atoms with Gasteiger partial charge in [0, 0.05) is 25.0 Å². The second kappa shape index (κ2) is 5.46. The van der Waals surface area contributed by atoms with Crippen LogP contribution in [0.2, 0.25) is 0 Å². The van der Waals surface area contributed by atoms with Crippen LogP contribution in [0.25, 0.3) is 0 Å². The molecule has 2 atom stereocenters. The van der Waals surface area contributed by atoms with Gasteiger partial charge in [-0.05, 0) is 25.6 Å². The molecule has 1 aliphatic heterocycles. The monoisotopic (exact) mass is 218 g/mol. The number of benzene rings is 1. The minimum Gasteiger partial charge on any atom is -0.314 e. The Morgan fingerprint density at radius 2 is 2.00 bits per heavy atom. The lowest BCUT2D eigenvalue weighted by atomic mass is 9.93. The van der Waals surface area contributed by atoms with Crippen LogP contribution in [0.15, 0.2) is 30.3 Å². The van der Waals surface area contributed by atoms with Crippen LogP contribution in [-0.4, -0.2) is 37.6 Å². The molecule has 88 valence electrons. The van der Waals surface area contributed by atoms with E-state index in [0.717, 1.165) is 13.1 Å². The van der Waals surface area contributed by atoms with Crippen LogP contribution < -0.4 is 5.32 Å². The Kier molecular flexibility index (Phi) is 3.97. The summed E-state index contributed by atoms with van der Waals surface area (Å²) >= 11 is 0. The summed E-state index contributed by atoms with van der Waals surface area (Å²) < 4.78 is 0. The van der Waals surface area contributed by atoms with Crippen molar-refractivity contribution in [3.8, 4) is 0 Å². The lowest BCUT2D eigenvalue weighted by Gasteiger charge is -2.28. The molecule has 0 aromatic heterocycles. The molecule has 2 nitrogen and oxygen atoms in total. The van der Waals surface area contributed by atoms with Gasteiger partial charge in [-0.2, -0.15) is 0 Å². The van der Waals surface area contributed by atoms with E-state index in [1.165, 1.54) is 18.5 Å². The van der Waals surface area contributed by atoms with Gasteiger partial charge in [-0.1, -0.05) is 37.3 Å². The highest BCUT2D eigenvalue weighted by Gasteiger charge is 2.30. The maximum Gasteiger partial charge on any atom is 0.0298 e. The molecular formula is C14H22N2. The first-order chi connectivity index (χ1) is 7.83. The highest BCUT2D eigenvalue weighted by atomic mass is 15.2. The summed E-state index contributed by atoms with van der Waals surface area (Å²) in [6.45, 7) is 5.67. The van der Waals surface area contributed by atoms with Gasteiger partial charge in [0.1, 0.15) is 0 Å². The predicted octanol–water partition coefficient (Wildman–Crippen LogP) is 2.08. The summed E-state index contributed by atoms with van der Waals surface area (Å²) in [5, 5.41) is 3.52. The van der Waals surface area contributed by atoms with Crippen LogP contribution in [-0.2, 0) is 0 Å². The largest absolute Gasteiger partial charge is 0.314 e. The molecular weight excluding hydrogens is 196 g/mol. The zero-order valence-corrected chi connectivity index (χ0v) is 10.3. The quantitative estimate of drug-likeness (QED) is 0.832. The average molecular weight is 218 g/mol. The van der Waals surface area contributed by atoms with Crippen molar-refractivity contribution in [1.29, 1.82) is 0 Å². The third-order valence-corrected chi connectivity index (χ3v) is 3.55. The van der Waals surface area contributed by atoms with Crippen molar-refractivity contribution in [2.24, 2.45) is 0 Å². The molecule has 1 aromatic carbocycles. The average Bonchev–Trinajstić information content (AvgIpc) is 2.79. The smallest absolute Gasteiger partial charge is 0.0298 e. The van der Waals surface area contributed by atoms with Gasteiger partial charge in [-0.25, -0.2) is 0 Å². The van der Waals surface area contributed by atoms with Crippen LogP contribution in [0.1, 0.15) is 24.8 Å². The summed E-state index contributed by atoms with van der Waals surface area (Å²) in [5.74, 6) is 0.651. The van der Waals surface area contributed by atoms with Crippen molar-refractivity contribution in [3.05, 3.63) is 35.9 Å². The van der Waals surface area contributed by atoms with Gasteiger partial charge in [0.15, 0.2) is 0 Å². The predicted molar refractivity (Wildman–Crippen MR) is 68.8 cm³/mol. The molecule has 1 heterocycles. The van der Waals surface area contributed by atoms with E-state index in [-0.39, 0.29) is 0 Å². The number of hydrogen-bond acceptors (Lipinski definition) is 2. The molecule has 0 spiro atoms. The van der Waals surface area contributed by atoms with Crippen LogP contribution in [0.3, 0.4) is 0 Å². The lowest BCUT2D eigenvalue weighted by Crippen LogP contribution is -2.37. The number of rotatable bonds is 4. The van der Waals surface area contributed by atoms with E-state index < -0.39 is 0 Å². The number of likely N-dealkylation sites (N-methyl/N-ethyl adjacent to an activating group) is 1. The van der Waals surface area contributed by atoms with Crippen LogP contribution >= 0.6 is 0 Å². The summed E-state index contributed by atoms with van der Waals surface area (Å²) in [6.07, 6.45) is 1.23. The Hall–Kier alpha value is -0.860. The summed E-state index contributed by atoms with van der Waals surface area (Å²) in [5.41, 5.74) is 1.47. The summed E-state index contributed by atoms with van der Waals surface area (Å²) in [6, 6.07) is 11.5. The Bertz CT molecular complexity index is 310. The molecule has 0 radical (unpaired) electrons. The van der Waals surface area contributed by atoms with Crippen molar-refractivity contribution < 1.29 is 0 Å². The van der Waals surface area contributed by atoms with Crippen molar-refractivity contribution in [1.82, 2.24) is 10.2 Å². The second-order valence-corrected chi connectivity index (χ2v) is 4.72. The molecule has 16 heavy (non-hydrogen) atoms. The van der Waals surface area contributed by atoms with Crippen molar-refractivity contribution in [2.75, 3.05) is 26.7 Å². The molecule has 1 aromatic rings. The van der Waals surface area contributed by atoms with Crippen molar-refractivity contribution >= 4 is 0 Å². The van der Waals surface area contributed by atoms with Crippen molar-refractivity contribution in [3.63, 3.8) is 0 Å². The molecule has 1 N–H and O–H groups in total. The standard InChI is InChI=1S/C14H22N2/c1-3-9-16(2)14-11-15-10-13(14)12-7-5-4-6-8-12/h4-8,13-15H,3,9-11H2,1-2H3/t13-,14+/m1/s1. The van der Waals surface area contributed by atoms with Crippen LogP contribution in [0, 0.1) is 0 Å². The number of nitrogens with one attached hydrogen (secondary N) is 1. The first-order valence-corrected chi connectivity index (χ1v) is 6.29. The molecule has 0 saturated carbocycles. The molecule has 0 amide bonds. The van der Waals surface area contributed by atoms with E-state index in [1.807, 2.05) is 0 Å². The Balaban J connectivity index is 2.09. The van der Waals surface area contributed by atoms with Crippen LogP contribution in [0.4, 0.5) is 0 Å². The van der Waals surface area contributed by atoms with E-state index in [1.54, 1.807) is 0 Å². The molecule has 0 unspecified atom stereocenters. The van der Waals surface area contributed by atoms with Gasteiger partial charge >= 0.3 is 0 Å².